The molecule has 0 bridgehead atoms. The van der Waals surface area contributed by atoms with Crippen molar-refractivity contribution in [1.82, 2.24) is 5.32 Å². The van der Waals surface area contributed by atoms with E-state index in [9.17, 15) is 61.0 Å². The summed E-state index contributed by atoms with van der Waals surface area (Å²) in [6, 6.07) is -0.969. The predicted octanol–water partition coefficient (Wildman–Crippen LogP) is 8.55. The van der Waals surface area contributed by atoms with Crippen molar-refractivity contribution in [3.63, 3.8) is 0 Å². The molecule has 0 aromatic rings. The molecule has 510 valence electrons. The highest BCUT2D eigenvalue weighted by Crippen LogP contribution is 2.33. The third kappa shape index (κ3) is 32.7. The van der Waals surface area contributed by atoms with Crippen LogP contribution in [0.15, 0.2) is 72.9 Å². The molecule has 3 aliphatic heterocycles. The lowest BCUT2D eigenvalue weighted by Gasteiger charge is -2.48. The monoisotopic (exact) mass is 1250 g/mol. The van der Waals surface area contributed by atoms with Gasteiger partial charge in [0.15, 0.2) is 18.9 Å². The van der Waals surface area contributed by atoms with Gasteiger partial charge < -0.3 is 89.9 Å². The zero-order valence-corrected chi connectivity index (χ0v) is 53.7. The molecule has 1 amide bonds. The number of carbonyl (C=O) groups is 1. The summed E-state index contributed by atoms with van der Waals surface area (Å²) in [5.41, 5.74) is 0. The molecule has 3 rings (SSSR count). The Hall–Kier alpha value is -2.77. The summed E-state index contributed by atoms with van der Waals surface area (Å²) in [4.78, 5) is 13.2. The lowest BCUT2D eigenvalue weighted by Crippen LogP contribution is -2.66. The number of ether oxygens (including phenoxy) is 6. The minimum absolute atomic E-state index is 0.242. The Bertz CT molecular complexity index is 1880. The molecule has 0 aliphatic carbocycles. The van der Waals surface area contributed by atoms with Crippen LogP contribution < -0.4 is 5.32 Å². The Morgan fingerprint density at radius 3 is 1.22 bits per heavy atom. The van der Waals surface area contributed by atoms with Crippen LogP contribution >= 0.6 is 0 Å². The molecule has 19 heteroatoms. The number of nitrogens with one attached hydrogen (secondary N) is 1. The summed E-state index contributed by atoms with van der Waals surface area (Å²) in [5, 5.41) is 119. The summed E-state index contributed by atoms with van der Waals surface area (Å²) in [6.45, 7) is 1.43. The Morgan fingerprint density at radius 2 is 0.784 bits per heavy atom. The van der Waals surface area contributed by atoms with E-state index in [-0.39, 0.29) is 18.9 Å². The highest BCUT2D eigenvalue weighted by Gasteiger charge is 2.53. The van der Waals surface area contributed by atoms with Crippen molar-refractivity contribution < 1.29 is 89.4 Å². The van der Waals surface area contributed by atoms with Crippen LogP contribution in [0.4, 0.5) is 0 Å². The summed E-state index contributed by atoms with van der Waals surface area (Å²) < 4.78 is 34.1. The molecule has 0 aromatic carbocycles. The number of aliphatic hydroxyl groups excluding tert-OH is 11. The van der Waals surface area contributed by atoms with Crippen molar-refractivity contribution >= 4 is 5.91 Å². The second kappa shape index (κ2) is 50.7. The van der Waals surface area contributed by atoms with Gasteiger partial charge in [-0.1, -0.05) is 234 Å². The van der Waals surface area contributed by atoms with Crippen molar-refractivity contribution in [2.24, 2.45) is 0 Å². The van der Waals surface area contributed by atoms with E-state index in [1.54, 1.807) is 6.08 Å². The fraction of sp³-hybridized carbons (Fsp3) is 0.812. The van der Waals surface area contributed by atoms with E-state index >= 15 is 0 Å². The first kappa shape index (κ1) is 79.5. The number of allylic oxidation sites excluding steroid dienone is 11. The fourth-order valence-electron chi connectivity index (χ4n) is 11.2. The maximum absolute atomic E-state index is 13.2. The van der Waals surface area contributed by atoms with E-state index in [2.05, 4.69) is 73.0 Å². The van der Waals surface area contributed by atoms with Gasteiger partial charge in [0, 0.05) is 6.42 Å². The molecule has 3 heterocycles. The maximum atomic E-state index is 13.2. The van der Waals surface area contributed by atoms with Crippen LogP contribution in [0.3, 0.4) is 0 Å². The molecule has 3 saturated heterocycles. The van der Waals surface area contributed by atoms with Crippen molar-refractivity contribution in [2.75, 3.05) is 26.4 Å². The van der Waals surface area contributed by atoms with Gasteiger partial charge in [-0.2, -0.15) is 0 Å². The maximum Gasteiger partial charge on any atom is 0.220 e. The lowest BCUT2D eigenvalue weighted by atomic mass is 9.96. The van der Waals surface area contributed by atoms with E-state index < -0.39 is 124 Å². The van der Waals surface area contributed by atoms with Crippen LogP contribution in [-0.4, -0.2) is 193 Å². The third-order valence-electron chi connectivity index (χ3n) is 16.8. The quantitative estimate of drug-likeness (QED) is 0.0200. The first-order chi connectivity index (χ1) is 42.8. The smallest absolute Gasteiger partial charge is 0.220 e. The van der Waals surface area contributed by atoms with Crippen LogP contribution in [0.5, 0.6) is 0 Å². The van der Waals surface area contributed by atoms with Gasteiger partial charge in [0.2, 0.25) is 5.91 Å². The Kier molecular flexibility index (Phi) is 45.8. The molecule has 0 saturated carbocycles. The number of aliphatic hydroxyl groups is 11. The number of rotatable bonds is 51. The van der Waals surface area contributed by atoms with Crippen molar-refractivity contribution in [2.45, 2.75) is 330 Å². The van der Waals surface area contributed by atoms with E-state index in [0.717, 1.165) is 64.2 Å². The van der Waals surface area contributed by atoms with Crippen molar-refractivity contribution in [3.05, 3.63) is 72.9 Å². The number of hydrogen-bond donors (Lipinski definition) is 12. The molecule has 3 fully saturated rings. The molecule has 0 spiro atoms. The van der Waals surface area contributed by atoms with E-state index in [4.69, 9.17) is 28.4 Å². The summed E-state index contributed by atoms with van der Waals surface area (Å²) in [5.74, 6) is -0.284. The number of amides is 1. The summed E-state index contributed by atoms with van der Waals surface area (Å²) >= 11 is 0. The topological polar surface area (TPSA) is 307 Å². The van der Waals surface area contributed by atoms with Gasteiger partial charge in [-0.15, -0.1) is 0 Å². The minimum atomic E-state index is -1.98. The van der Waals surface area contributed by atoms with Crippen LogP contribution in [-0.2, 0) is 33.2 Å². The van der Waals surface area contributed by atoms with Crippen LogP contribution in [0, 0.1) is 0 Å². The Morgan fingerprint density at radius 1 is 0.420 bits per heavy atom. The molecule has 12 N–H and O–H groups in total. The number of hydrogen-bond acceptors (Lipinski definition) is 18. The van der Waals surface area contributed by atoms with Gasteiger partial charge in [-0.05, 0) is 57.8 Å². The first-order valence-electron chi connectivity index (χ1n) is 34.2. The van der Waals surface area contributed by atoms with Crippen molar-refractivity contribution in [3.8, 4) is 0 Å². The van der Waals surface area contributed by atoms with E-state index in [1.807, 2.05) is 13.0 Å². The van der Waals surface area contributed by atoms with E-state index in [0.29, 0.717) is 12.8 Å². The minimum Gasteiger partial charge on any atom is -0.394 e. The van der Waals surface area contributed by atoms with Crippen molar-refractivity contribution in [1.29, 1.82) is 0 Å². The SMILES string of the molecule is CC/C=C\C/C=C\C/C=C\C/C=C\C/C=C\CCCCCCCCCCCCCCCCCCCCCCCCCC(=O)NC(COC1OC(CO)C(OC2OC(CO)C(OC3OC(CO)C(O)C(O)C3O)C(O)C2O)C(O)C1O)C(O)/C=C/CCCC. The van der Waals surface area contributed by atoms with E-state index in [1.165, 1.54) is 128 Å². The molecule has 0 radical (unpaired) electrons. The van der Waals surface area contributed by atoms with Gasteiger partial charge >= 0.3 is 0 Å². The standard InChI is InChI=1S/C69H121NO18/c1-3-5-7-9-10-11-12-13-14-15-16-17-18-19-20-21-22-23-24-25-26-27-28-29-30-31-32-33-34-35-36-37-38-39-40-41-42-43-45-47-57(75)70-52(53(74)46-44-8-6-4-2)51-83-67-63(81)60(78)65(55(49-72)85-67)88-69-64(82)61(79)66(56(50-73)86-69)87-68-62(80)59(77)58(76)54(48-71)84-68/h5,7,10-11,13-14,16-17,19-20,44,46,52-56,58-69,71-74,76-82H,3-4,6,8-9,12,15,18,21-43,45,47-51H2,1-2H3,(H,70,75)/b7-5-,11-10-,14-13-,17-16-,20-19-,46-44+. The third-order valence-corrected chi connectivity index (χ3v) is 16.8. The Balaban J connectivity index is 1.21. The van der Waals surface area contributed by atoms with Gasteiger partial charge in [-0.25, -0.2) is 0 Å². The molecule has 88 heavy (non-hydrogen) atoms. The predicted molar refractivity (Wildman–Crippen MR) is 341 cm³/mol. The molecule has 17 atom stereocenters. The summed E-state index contributed by atoms with van der Waals surface area (Å²) in [6.07, 6.45) is 37.5. The average Bonchev–Trinajstić information content (AvgIpc) is 1.13. The average molecular weight is 1250 g/mol. The van der Waals surface area contributed by atoms with Gasteiger partial charge in [0.25, 0.3) is 0 Å². The van der Waals surface area contributed by atoms with Crippen LogP contribution in [0.25, 0.3) is 0 Å². The highest BCUT2D eigenvalue weighted by atomic mass is 16.8. The Labute approximate surface area is 528 Å². The second-order valence-corrected chi connectivity index (χ2v) is 24.3. The largest absolute Gasteiger partial charge is 0.394 e. The molecular weight excluding hydrogens is 1130 g/mol. The van der Waals surface area contributed by atoms with Crippen LogP contribution in [0.1, 0.15) is 226 Å². The normalized spacial score (nSPS) is 28.9. The molecule has 17 unspecified atom stereocenters. The zero-order valence-electron chi connectivity index (χ0n) is 53.7. The zero-order chi connectivity index (χ0) is 64.0. The highest BCUT2D eigenvalue weighted by molar-refractivity contribution is 5.76. The van der Waals surface area contributed by atoms with Crippen LogP contribution in [0.2, 0.25) is 0 Å². The molecular formula is C69H121NO18. The van der Waals surface area contributed by atoms with Gasteiger partial charge in [0.1, 0.15) is 73.2 Å². The van der Waals surface area contributed by atoms with Gasteiger partial charge in [0.05, 0.1) is 38.6 Å². The number of unbranched alkanes of at least 4 members (excludes halogenated alkanes) is 25. The lowest BCUT2D eigenvalue weighted by molar-refractivity contribution is -0.379. The number of carbonyl (C=O) groups excluding carboxylic acids is 1. The first-order valence-corrected chi connectivity index (χ1v) is 34.2. The van der Waals surface area contributed by atoms with Gasteiger partial charge in [-0.3, -0.25) is 4.79 Å². The summed E-state index contributed by atoms with van der Waals surface area (Å²) in [7, 11) is 0. The molecule has 19 nitrogen and oxygen atoms in total. The fourth-order valence-corrected chi connectivity index (χ4v) is 11.2. The molecule has 3 aliphatic rings. The second-order valence-electron chi connectivity index (χ2n) is 24.3. The molecule has 0 aromatic heterocycles.